The molecule has 1 aromatic carbocycles. The van der Waals surface area contributed by atoms with Crippen LogP contribution in [-0.4, -0.2) is 25.8 Å². The molecule has 0 aliphatic heterocycles. The molecule has 2 aromatic heterocycles. The van der Waals surface area contributed by atoms with Crippen LogP contribution in [0.1, 0.15) is 10.5 Å². The largest absolute Gasteiger partial charge is 0.323 e. The number of H-pyrrole nitrogens is 2. The maximum absolute atomic E-state index is 11.9. The lowest BCUT2D eigenvalue weighted by molar-refractivity contribution is 0.102. The number of carbonyl (C=O) groups is 1. The van der Waals surface area contributed by atoms with Crippen molar-refractivity contribution in [3.05, 3.63) is 53.0 Å². The van der Waals surface area contributed by atoms with Crippen molar-refractivity contribution in [2.75, 3.05) is 5.32 Å². The van der Waals surface area contributed by atoms with Gasteiger partial charge in [-0.1, -0.05) is 0 Å². The number of hydrogen-bond acceptors (Lipinski definition) is 4. The molecular weight excluding hydrogens is 246 g/mol. The van der Waals surface area contributed by atoms with Crippen LogP contribution in [0, 0.1) is 0 Å². The number of benzene rings is 1. The van der Waals surface area contributed by atoms with Gasteiger partial charge in [0.2, 0.25) is 0 Å². The van der Waals surface area contributed by atoms with E-state index < -0.39 is 0 Å². The van der Waals surface area contributed by atoms with Gasteiger partial charge in [-0.3, -0.25) is 9.78 Å². The summed E-state index contributed by atoms with van der Waals surface area (Å²) in [5.41, 5.74) is 1.82. The van der Waals surface area contributed by atoms with Crippen LogP contribution in [0.2, 0.25) is 0 Å². The van der Waals surface area contributed by atoms with Crippen molar-refractivity contribution in [2.24, 2.45) is 0 Å². The number of fused-ring (bicyclic) bond motifs is 1. The van der Waals surface area contributed by atoms with Crippen molar-refractivity contribution in [3.8, 4) is 0 Å². The molecule has 19 heavy (non-hydrogen) atoms. The van der Waals surface area contributed by atoms with Crippen LogP contribution in [0.15, 0.2) is 41.6 Å². The molecule has 0 radical (unpaired) electrons. The molecule has 1 amide bonds. The minimum Gasteiger partial charge on any atom is -0.321 e. The summed E-state index contributed by atoms with van der Waals surface area (Å²) in [6, 6.07) is 5.07. The van der Waals surface area contributed by atoms with Gasteiger partial charge < -0.3 is 15.3 Å². The maximum atomic E-state index is 11.9. The summed E-state index contributed by atoms with van der Waals surface area (Å²) in [7, 11) is 0. The number of carbonyl (C=O) groups excluding carboxylic acids is 1. The molecule has 0 atom stereocenters. The molecular formula is C12H9N5O2. The van der Waals surface area contributed by atoms with Crippen LogP contribution in [0.4, 0.5) is 5.69 Å². The van der Waals surface area contributed by atoms with Gasteiger partial charge in [0, 0.05) is 18.1 Å². The van der Waals surface area contributed by atoms with E-state index in [1.165, 1.54) is 18.6 Å². The van der Waals surface area contributed by atoms with Gasteiger partial charge in [0.25, 0.3) is 5.91 Å². The molecule has 7 nitrogen and oxygen atoms in total. The van der Waals surface area contributed by atoms with Crippen LogP contribution in [0.5, 0.6) is 0 Å². The average Bonchev–Trinajstić information content (AvgIpc) is 2.79. The van der Waals surface area contributed by atoms with Crippen LogP contribution in [-0.2, 0) is 0 Å². The van der Waals surface area contributed by atoms with Crippen LogP contribution >= 0.6 is 0 Å². The van der Waals surface area contributed by atoms with Gasteiger partial charge >= 0.3 is 5.69 Å². The third-order valence-corrected chi connectivity index (χ3v) is 2.57. The van der Waals surface area contributed by atoms with Crippen molar-refractivity contribution in [2.45, 2.75) is 0 Å². The molecule has 3 aromatic rings. The van der Waals surface area contributed by atoms with Crippen LogP contribution in [0.25, 0.3) is 11.0 Å². The highest BCUT2D eigenvalue weighted by Crippen LogP contribution is 2.14. The Morgan fingerprint density at radius 2 is 2.00 bits per heavy atom. The zero-order chi connectivity index (χ0) is 13.2. The predicted octanol–water partition coefficient (Wildman–Crippen LogP) is 0.898. The second-order valence-corrected chi connectivity index (χ2v) is 3.88. The molecule has 0 aliphatic rings. The number of nitrogens with one attached hydrogen (secondary N) is 3. The van der Waals surface area contributed by atoms with E-state index in [0.717, 1.165) is 0 Å². The lowest BCUT2D eigenvalue weighted by Crippen LogP contribution is -2.13. The third kappa shape index (κ3) is 2.21. The topological polar surface area (TPSA) is 104 Å². The molecule has 3 N–H and O–H groups in total. The Labute approximate surface area is 106 Å². The summed E-state index contributed by atoms with van der Waals surface area (Å²) in [6.07, 6.45) is 4.32. The number of anilines is 1. The van der Waals surface area contributed by atoms with E-state index in [0.29, 0.717) is 16.7 Å². The number of amides is 1. The van der Waals surface area contributed by atoms with Crippen molar-refractivity contribution in [1.29, 1.82) is 0 Å². The Bertz CT molecular complexity index is 790. The number of aromatic nitrogens is 4. The maximum Gasteiger partial charge on any atom is 0.323 e. The number of aromatic amines is 2. The molecule has 3 rings (SSSR count). The SMILES string of the molecule is O=C(Nc1ccc2[nH]c(=O)[nH]c2c1)c1cnccn1. The number of hydrogen-bond donors (Lipinski definition) is 3. The summed E-state index contributed by atoms with van der Waals surface area (Å²) >= 11 is 0. The molecule has 0 saturated carbocycles. The number of imidazole rings is 1. The van der Waals surface area contributed by atoms with Gasteiger partial charge in [0.15, 0.2) is 0 Å². The first-order chi connectivity index (χ1) is 9.22. The highest BCUT2D eigenvalue weighted by atomic mass is 16.2. The Hall–Kier alpha value is -2.96. The summed E-state index contributed by atoms with van der Waals surface area (Å²) in [5.74, 6) is -0.356. The van der Waals surface area contributed by atoms with Crippen molar-refractivity contribution < 1.29 is 4.79 Å². The van der Waals surface area contributed by atoms with E-state index in [4.69, 9.17) is 0 Å². The lowest BCUT2D eigenvalue weighted by Gasteiger charge is -2.03. The Kier molecular flexibility index (Phi) is 2.57. The van der Waals surface area contributed by atoms with E-state index in [1.54, 1.807) is 18.2 Å². The molecule has 94 valence electrons. The van der Waals surface area contributed by atoms with Gasteiger partial charge in [-0.15, -0.1) is 0 Å². The first-order valence-corrected chi connectivity index (χ1v) is 5.52. The smallest absolute Gasteiger partial charge is 0.321 e. The van der Waals surface area contributed by atoms with Gasteiger partial charge in [-0.05, 0) is 18.2 Å². The predicted molar refractivity (Wildman–Crippen MR) is 68.9 cm³/mol. The first-order valence-electron chi connectivity index (χ1n) is 5.52. The third-order valence-electron chi connectivity index (χ3n) is 2.57. The summed E-state index contributed by atoms with van der Waals surface area (Å²) in [5, 5.41) is 2.68. The van der Waals surface area contributed by atoms with Crippen LogP contribution < -0.4 is 11.0 Å². The quantitative estimate of drug-likeness (QED) is 0.632. The fourth-order valence-corrected chi connectivity index (χ4v) is 1.72. The molecule has 0 fully saturated rings. The van der Waals surface area contributed by atoms with E-state index >= 15 is 0 Å². The standard InChI is InChI=1S/C12H9N5O2/c18-11(10-6-13-3-4-14-10)15-7-1-2-8-9(5-7)17-12(19)16-8/h1-6H,(H,15,18)(H2,16,17,19). The molecule has 0 aliphatic carbocycles. The fourth-order valence-electron chi connectivity index (χ4n) is 1.72. The summed E-state index contributed by atoms with van der Waals surface area (Å²) in [4.78, 5) is 36.0. The monoisotopic (exact) mass is 255 g/mol. The highest BCUT2D eigenvalue weighted by Gasteiger charge is 2.08. The number of rotatable bonds is 2. The first kappa shape index (κ1) is 11.1. The zero-order valence-corrected chi connectivity index (χ0v) is 9.68. The Balaban J connectivity index is 1.89. The minimum atomic E-state index is -0.356. The molecule has 2 heterocycles. The van der Waals surface area contributed by atoms with Gasteiger partial charge in [0.1, 0.15) is 5.69 Å². The zero-order valence-electron chi connectivity index (χ0n) is 9.68. The molecule has 0 unspecified atom stereocenters. The van der Waals surface area contributed by atoms with E-state index in [2.05, 4.69) is 25.3 Å². The minimum absolute atomic E-state index is 0.227. The molecule has 7 heteroatoms. The molecule has 0 spiro atoms. The molecule has 0 bridgehead atoms. The van der Waals surface area contributed by atoms with Crippen LogP contribution in [0.3, 0.4) is 0 Å². The Morgan fingerprint density at radius 3 is 2.79 bits per heavy atom. The normalized spacial score (nSPS) is 10.5. The Morgan fingerprint density at radius 1 is 1.16 bits per heavy atom. The van der Waals surface area contributed by atoms with Gasteiger partial charge in [0.05, 0.1) is 17.2 Å². The molecule has 0 saturated heterocycles. The van der Waals surface area contributed by atoms with Gasteiger partial charge in [-0.2, -0.15) is 0 Å². The summed E-state index contributed by atoms with van der Waals surface area (Å²) < 4.78 is 0. The van der Waals surface area contributed by atoms with E-state index in [-0.39, 0.29) is 17.3 Å². The summed E-state index contributed by atoms with van der Waals surface area (Å²) in [6.45, 7) is 0. The fraction of sp³-hybridized carbons (Fsp3) is 0. The van der Waals surface area contributed by atoms with E-state index in [9.17, 15) is 9.59 Å². The van der Waals surface area contributed by atoms with E-state index in [1.807, 2.05) is 0 Å². The highest BCUT2D eigenvalue weighted by molar-refractivity contribution is 6.03. The lowest BCUT2D eigenvalue weighted by atomic mass is 10.2. The van der Waals surface area contributed by atoms with Gasteiger partial charge in [-0.25, -0.2) is 9.78 Å². The second kappa shape index (κ2) is 4.37. The van der Waals surface area contributed by atoms with Crippen molar-refractivity contribution >= 4 is 22.6 Å². The number of nitrogens with zero attached hydrogens (tertiary/aromatic N) is 2. The second-order valence-electron chi connectivity index (χ2n) is 3.88. The van der Waals surface area contributed by atoms with Crippen molar-refractivity contribution in [3.63, 3.8) is 0 Å². The van der Waals surface area contributed by atoms with Crippen molar-refractivity contribution in [1.82, 2.24) is 19.9 Å². The average molecular weight is 255 g/mol.